The molecule has 0 spiro atoms. The largest absolute Gasteiger partial charge is 0.495 e. The first-order valence-corrected chi connectivity index (χ1v) is 19.8. The number of unbranched alkanes of at least 4 members (excludes halogenated alkanes) is 8. The summed E-state index contributed by atoms with van der Waals surface area (Å²) >= 11 is 0. The van der Waals surface area contributed by atoms with Crippen LogP contribution in [0.4, 0.5) is 0 Å². The highest BCUT2D eigenvalue weighted by Gasteiger charge is 2.53. The number of rotatable bonds is 16. The maximum atomic E-state index is 6.62. The van der Waals surface area contributed by atoms with E-state index >= 15 is 0 Å². The van der Waals surface area contributed by atoms with Crippen molar-refractivity contribution in [2.75, 3.05) is 0 Å². The summed E-state index contributed by atoms with van der Waals surface area (Å²) in [5, 5.41) is 2.61. The zero-order valence-electron chi connectivity index (χ0n) is 33.3. The average molecular weight is 672 g/mol. The summed E-state index contributed by atoms with van der Waals surface area (Å²) in [6.07, 6.45) is 15.8. The second kappa shape index (κ2) is 15.1. The van der Waals surface area contributed by atoms with Gasteiger partial charge in [-0.1, -0.05) is 89.2 Å². The van der Waals surface area contributed by atoms with Crippen molar-refractivity contribution in [2.24, 2.45) is 5.92 Å². The van der Waals surface area contributed by atoms with Gasteiger partial charge in [0.2, 0.25) is 0 Å². The fraction of sp³-hybridized carbons (Fsp3) is 0.714. The van der Waals surface area contributed by atoms with Crippen LogP contribution in [-0.2, 0) is 25.2 Å². The van der Waals surface area contributed by atoms with Crippen LogP contribution in [0.25, 0.3) is 21.8 Å². The molecule has 7 heteroatoms. The van der Waals surface area contributed by atoms with Crippen molar-refractivity contribution < 1.29 is 18.6 Å². The predicted octanol–water partition coefficient (Wildman–Crippen LogP) is 10.3. The minimum atomic E-state index is -0.393. The number of fused-ring (bicyclic) bond motifs is 3. The van der Waals surface area contributed by atoms with E-state index in [4.69, 9.17) is 18.6 Å². The van der Waals surface area contributed by atoms with Gasteiger partial charge in [-0.25, -0.2) is 0 Å². The van der Waals surface area contributed by atoms with Gasteiger partial charge in [-0.15, -0.1) is 0 Å². The van der Waals surface area contributed by atoms with Crippen LogP contribution in [0.2, 0.25) is 0 Å². The van der Waals surface area contributed by atoms with Crippen LogP contribution in [0.5, 0.6) is 0 Å². The summed E-state index contributed by atoms with van der Waals surface area (Å²) < 4.78 is 29.1. The Kier molecular flexibility index (Phi) is 11.8. The molecule has 1 atom stereocenters. The monoisotopic (exact) mass is 672 g/mol. The van der Waals surface area contributed by atoms with Gasteiger partial charge < -0.3 is 23.2 Å². The molecular weight excluding hydrogens is 604 g/mol. The fourth-order valence-electron chi connectivity index (χ4n) is 7.74. The minimum Gasteiger partial charge on any atom is -0.399 e. The van der Waals surface area contributed by atoms with E-state index in [0.29, 0.717) is 5.92 Å². The number of aryl methyl sites for hydroxylation is 2. The maximum absolute atomic E-state index is 6.62. The second-order valence-corrected chi connectivity index (χ2v) is 17.5. The predicted molar refractivity (Wildman–Crippen MR) is 211 cm³/mol. The smallest absolute Gasteiger partial charge is 0.399 e. The molecule has 0 bridgehead atoms. The molecule has 49 heavy (non-hydrogen) atoms. The second-order valence-electron chi connectivity index (χ2n) is 17.5. The fourth-order valence-corrected chi connectivity index (χ4v) is 7.74. The highest BCUT2D eigenvalue weighted by Crippen LogP contribution is 2.40. The number of benzene rings is 2. The molecule has 270 valence electrons. The van der Waals surface area contributed by atoms with Gasteiger partial charge in [-0.05, 0) is 123 Å². The Morgan fingerprint density at radius 1 is 0.531 bits per heavy atom. The quantitative estimate of drug-likeness (QED) is 0.112. The van der Waals surface area contributed by atoms with E-state index in [1.54, 1.807) is 0 Å². The molecule has 0 N–H and O–H groups in total. The van der Waals surface area contributed by atoms with Gasteiger partial charge in [-0.3, -0.25) is 0 Å². The molecule has 5 nitrogen and oxygen atoms in total. The molecule has 2 aliphatic rings. The zero-order chi connectivity index (χ0) is 35.8. The molecule has 1 aromatic heterocycles. The lowest BCUT2D eigenvalue weighted by Gasteiger charge is -2.32. The summed E-state index contributed by atoms with van der Waals surface area (Å²) in [6.45, 7) is 27.2. The first kappa shape index (κ1) is 38.4. The normalized spacial score (nSPS) is 20.2. The minimum absolute atomic E-state index is 0.388. The van der Waals surface area contributed by atoms with Crippen LogP contribution in [0.3, 0.4) is 0 Å². The Morgan fingerprint density at radius 2 is 0.878 bits per heavy atom. The van der Waals surface area contributed by atoms with E-state index in [9.17, 15) is 0 Å². The lowest BCUT2D eigenvalue weighted by atomic mass is 9.75. The van der Waals surface area contributed by atoms with E-state index < -0.39 is 14.2 Å². The van der Waals surface area contributed by atoms with Gasteiger partial charge in [0.25, 0.3) is 0 Å². The van der Waals surface area contributed by atoms with Crippen molar-refractivity contribution in [3.63, 3.8) is 0 Å². The van der Waals surface area contributed by atoms with Crippen LogP contribution in [0, 0.1) is 19.8 Å². The van der Waals surface area contributed by atoms with Crippen molar-refractivity contribution in [2.45, 2.75) is 189 Å². The van der Waals surface area contributed by atoms with Crippen molar-refractivity contribution in [1.29, 1.82) is 0 Å². The van der Waals surface area contributed by atoms with Gasteiger partial charge in [-0.2, -0.15) is 0 Å². The molecule has 2 fully saturated rings. The molecular formula is C42H67B2NO4. The third-order valence-corrected chi connectivity index (χ3v) is 12.5. The summed E-state index contributed by atoms with van der Waals surface area (Å²) in [4.78, 5) is 0. The van der Waals surface area contributed by atoms with E-state index in [-0.39, 0.29) is 22.4 Å². The summed E-state index contributed by atoms with van der Waals surface area (Å²) in [7, 11) is -0.785. The van der Waals surface area contributed by atoms with Crippen molar-refractivity contribution in [3.8, 4) is 0 Å². The van der Waals surface area contributed by atoms with E-state index in [2.05, 4.69) is 112 Å². The maximum Gasteiger partial charge on any atom is 0.495 e. The van der Waals surface area contributed by atoms with Crippen LogP contribution in [0.1, 0.15) is 157 Å². The molecule has 1 unspecified atom stereocenters. The molecule has 2 saturated heterocycles. The highest BCUT2D eigenvalue weighted by atomic mass is 16.7. The van der Waals surface area contributed by atoms with Gasteiger partial charge in [0.15, 0.2) is 0 Å². The number of aromatic nitrogens is 1. The Hall–Kier alpha value is -1.79. The van der Waals surface area contributed by atoms with Crippen molar-refractivity contribution in [1.82, 2.24) is 4.57 Å². The summed E-state index contributed by atoms with van der Waals surface area (Å²) in [6, 6.07) is 9.53. The Labute approximate surface area is 299 Å². The number of hydrogen-bond acceptors (Lipinski definition) is 4. The SMILES string of the molecule is CCCCCCCCC(CCCCCC)Cn1c2cc(B3OC(C)(C)C(C)(C)O3)c(C)cc2c2cc(C)c(B3OC(C)(C)C(C)(C)O3)cc21. The molecule has 0 saturated carbocycles. The van der Waals surface area contributed by atoms with Crippen LogP contribution in [-0.4, -0.2) is 41.2 Å². The van der Waals surface area contributed by atoms with Gasteiger partial charge in [0, 0.05) is 28.4 Å². The first-order chi connectivity index (χ1) is 23.0. The summed E-state index contributed by atoms with van der Waals surface area (Å²) in [5.74, 6) is 0.630. The van der Waals surface area contributed by atoms with Gasteiger partial charge in [0.05, 0.1) is 22.4 Å². The standard InChI is InChI=1S/C42H67B2NO4/c1-13-15-17-19-20-22-24-32(23-21-18-16-14-2)29-45-37-27-35(43-46-39(5,6)40(7,8)47-43)30(3)25-33(37)34-26-31(4)36(28-38(34)45)44-48-41(9,10)42(11,12)49-44/h25-28,32H,13-24,29H2,1-12H3. The molecule has 5 rings (SSSR count). The van der Waals surface area contributed by atoms with Gasteiger partial charge >= 0.3 is 14.2 Å². The molecule has 2 aromatic carbocycles. The first-order valence-electron chi connectivity index (χ1n) is 19.8. The highest BCUT2D eigenvalue weighted by molar-refractivity contribution is 6.63. The van der Waals surface area contributed by atoms with E-state index in [1.807, 2.05) is 0 Å². The molecule has 0 aliphatic carbocycles. The topological polar surface area (TPSA) is 41.9 Å². The van der Waals surface area contributed by atoms with E-state index in [1.165, 1.54) is 110 Å². The Bertz CT molecular complexity index is 1460. The van der Waals surface area contributed by atoms with Crippen molar-refractivity contribution >= 4 is 47.0 Å². The molecule has 0 amide bonds. The summed E-state index contributed by atoms with van der Waals surface area (Å²) in [5.41, 5.74) is 5.68. The van der Waals surface area contributed by atoms with Crippen LogP contribution in [0.15, 0.2) is 24.3 Å². The number of hydrogen-bond donors (Lipinski definition) is 0. The van der Waals surface area contributed by atoms with Crippen molar-refractivity contribution in [3.05, 3.63) is 35.4 Å². The Morgan fingerprint density at radius 3 is 1.27 bits per heavy atom. The van der Waals surface area contributed by atoms with Crippen LogP contribution < -0.4 is 10.9 Å². The van der Waals surface area contributed by atoms with Crippen LogP contribution >= 0.6 is 0 Å². The van der Waals surface area contributed by atoms with Gasteiger partial charge in [0.1, 0.15) is 0 Å². The molecule has 2 aliphatic heterocycles. The lowest BCUT2D eigenvalue weighted by molar-refractivity contribution is 0.00578. The number of nitrogens with zero attached hydrogens (tertiary/aromatic N) is 1. The third kappa shape index (κ3) is 8.01. The lowest BCUT2D eigenvalue weighted by Crippen LogP contribution is -2.41. The Balaban J connectivity index is 1.60. The molecule has 0 radical (unpaired) electrons. The third-order valence-electron chi connectivity index (χ3n) is 12.5. The van der Waals surface area contributed by atoms with E-state index in [0.717, 1.165) is 17.5 Å². The molecule has 3 heterocycles. The molecule has 3 aromatic rings. The average Bonchev–Trinajstić information content (AvgIpc) is 3.51. The zero-order valence-corrected chi connectivity index (χ0v) is 33.3.